The topological polar surface area (TPSA) is 86.1 Å². The number of anilines is 1. The van der Waals surface area contributed by atoms with Gasteiger partial charge in [0, 0.05) is 27.2 Å². The minimum Gasteiger partial charge on any atom is -0.465 e. The molecule has 31 heavy (non-hydrogen) atoms. The third-order valence-corrected chi connectivity index (χ3v) is 7.72. The zero-order chi connectivity index (χ0) is 22.4. The van der Waals surface area contributed by atoms with E-state index in [4.69, 9.17) is 4.74 Å². The smallest absolute Gasteiger partial charge is 0.340 e. The van der Waals surface area contributed by atoms with Gasteiger partial charge in [-0.1, -0.05) is 32.0 Å². The van der Waals surface area contributed by atoms with Gasteiger partial charge in [-0.05, 0) is 31.9 Å². The zero-order valence-electron chi connectivity index (χ0n) is 18.1. The SMILES string of the molecule is CCCc1cc(-c2nnc(SCC(=O)Nc3sc(CC)cc3C(=O)OC)n2CC)cs1. The molecule has 0 atom stereocenters. The normalized spacial score (nSPS) is 11.0. The van der Waals surface area contributed by atoms with Gasteiger partial charge in [-0.2, -0.15) is 0 Å². The second-order valence-electron chi connectivity index (χ2n) is 6.74. The lowest BCUT2D eigenvalue weighted by molar-refractivity contribution is -0.113. The number of aromatic nitrogens is 3. The highest BCUT2D eigenvalue weighted by Crippen LogP contribution is 2.31. The maximum absolute atomic E-state index is 12.6. The van der Waals surface area contributed by atoms with Crippen LogP contribution in [0.2, 0.25) is 0 Å². The molecule has 3 rings (SSSR count). The maximum Gasteiger partial charge on any atom is 0.340 e. The Bertz CT molecular complexity index is 1050. The lowest BCUT2D eigenvalue weighted by atomic mass is 10.2. The van der Waals surface area contributed by atoms with Gasteiger partial charge >= 0.3 is 5.97 Å². The van der Waals surface area contributed by atoms with Crippen LogP contribution < -0.4 is 5.32 Å². The molecule has 0 fully saturated rings. The van der Waals surface area contributed by atoms with E-state index in [-0.39, 0.29) is 11.7 Å². The Balaban J connectivity index is 1.69. The standard InChI is InChI=1S/C21H26N4O3S3/c1-5-8-15-9-13(11-29-15)18-23-24-21(25(18)7-3)30-12-17(26)22-19-16(20(27)28-4)10-14(6-2)31-19/h9-11H,5-8,12H2,1-4H3,(H,22,26). The number of thiophene rings is 2. The van der Waals surface area contributed by atoms with Gasteiger partial charge in [0.05, 0.1) is 18.4 Å². The van der Waals surface area contributed by atoms with Crippen molar-refractivity contribution in [1.29, 1.82) is 0 Å². The number of carbonyl (C=O) groups excluding carboxylic acids is 2. The summed E-state index contributed by atoms with van der Waals surface area (Å²) in [5.74, 6) is 0.339. The number of carbonyl (C=O) groups is 2. The molecule has 7 nitrogen and oxygen atoms in total. The lowest BCUT2D eigenvalue weighted by Crippen LogP contribution is -2.16. The molecule has 0 unspecified atom stereocenters. The van der Waals surface area contributed by atoms with E-state index in [1.54, 1.807) is 17.4 Å². The van der Waals surface area contributed by atoms with Crippen LogP contribution in [0.1, 0.15) is 47.3 Å². The first-order chi connectivity index (χ1) is 15.0. The molecule has 0 bridgehead atoms. The molecule has 1 N–H and O–H groups in total. The number of nitrogens with one attached hydrogen (secondary N) is 1. The number of hydrogen-bond acceptors (Lipinski definition) is 8. The Hall–Kier alpha value is -2.17. The molecule has 166 valence electrons. The fourth-order valence-corrected chi connectivity index (χ4v) is 5.80. The number of thioether (sulfide) groups is 1. The fraction of sp³-hybridized carbons (Fsp3) is 0.429. The van der Waals surface area contributed by atoms with Gasteiger partial charge in [-0.25, -0.2) is 4.79 Å². The number of methoxy groups -OCH3 is 1. The predicted octanol–water partition coefficient (Wildman–Crippen LogP) is 5.12. The average molecular weight is 479 g/mol. The Kier molecular flexibility index (Phi) is 8.28. The monoisotopic (exact) mass is 478 g/mol. The minimum absolute atomic E-state index is 0.169. The van der Waals surface area contributed by atoms with Crippen LogP contribution >= 0.6 is 34.4 Å². The van der Waals surface area contributed by atoms with Crippen molar-refractivity contribution in [3.63, 3.8) is 0 Å². The molecule has 0 aliphatic carbocycles. The van der Waals surface area contributed by atoms with Gasteiger partial charge < -0.3 is 14.6 Å². The van der Waals surface area contributed by atoms with Crippen LogP contribution in [0.3, 0.4) is 0 Å². The summed E-state index contributed by atoms with van der Waals surface area (Å²) in [6, 6.07) is 3.94. The number of amides is 1. The first kappa shape index (κ1) is 23.5. The van der Waals surface area contributed by atoms with Crippen LogP contribution in [0.4, 0.5) is 5.00 Å². The molecule has 0 aromatic carbocycles. The summed E-state index contributed by atoms with van der Waals surface area (Å²) in [5.41, 5.74) is 1.45. The molecule has 0 aliphatic heterocycles. The molecule has 1 amide bonds. The Morgan fingerprint density at radius 2 is 2.00 bits per heavy atom. The molecule has 3 aromatic rings. The molecule has 3 heterocycles. The van der Waals surface area contributed by atoms with Gasteiger partial charge in [0.15, 0.2) is 11.0 Å². The summed E-state index contributed by atoms with van der Waals surface area (Å²) < 4.78 is 6.85. The summed E-state index contributed by atoms with van der Waals surface area (Å²) in [6.45, 7) is 6.92. The van der Waals surface area contributed by atoms with E-state index in [1.807, 2.05) is 18.4 Å². The highest BCUT2D eigenvalue weighted by molar-refractivity contribution is 7.99. The Morgan fingerprint density at radius 1 is 1.19 bits per heavy atom. The van der Waals surface area contributed by atoms with Gasteiger partial charge in [0.1, 0.15) is 5.00 Å². The van der Waals surface area contributed by atoms with Crippen LogP contribution in [0.5, 0.6) is 0 Å². The van der Waals surface area contributed by atoms with Crippen molar-refractivity contribution < 1.29 is 14.3 Å². The summed E-state index contributed by atoms with van der Waals surface area (Å²) in [4.78, 5) is 26.9. The number of nitrogens with zero attached hydrogens (tertiary/aromatic N) is 3. The van der Waals surface area contributed by atoms with Crippen molar-refractivity contribution in [1.82, 2.24) is 14.8 Å². The fourth-order valence-electron chi connectivity index (χ4n) is 3.03. The quantitative estimate of drug-likeness (QED) is 0.321. The molecule has 0 spiro atoms. The van der Waals surface area contributed by atoms with Crippen molar-refractivity contribution in [2.75, 3.05) is 18.2 Å². The number of esters is 1. The summed E-state index contributed by atoms with van der Waals surface area (Å²) in [5, 5.41) is 14.8. The number of aryl methyl sites for hydroxylation is 2. The van der Waals surface area contributed by atoms with Gasteiger partial charge in [0.25, 0.3) is 0 Å². The van der Waals surface area contributed by atoms with E-state index >= 15 is 0 Å². The van der Waals surface area contributed by atoms with E-state index < -0.39 is 5.97 Å². The van der Waals surface area contributed by atoms with Crippen LogP contribution in [-0.2, 0) is 28.9 Å². The van der Waals surface area contributed by atoms with Crippen LogP contribution in [0.25, 0.3) is 11.4 Å². The van der Waals surface area contributed by atoms with Crippen molar-refractivity contribution in [2.45, 2.75) is 51.7 Å². The minimum atomic E-state index is -0.451. The van der Waals surface area contributed by atoms with Gasteiger partial charge in [-0.15, -0.1) is 32.9 Å². The van der Waals surface area contributed by atoms with Gasteiger partial charge in [0.2, 0.25) is 5.91 Å². The lowest BCUT2D eigenvalue weighted by Gasteiger charge is -2.07. The molecule has 10 heteroatoms. The molecular weight excluding hydrogens is 452 g/mol. The molecule has 0 saturated carbocycles. The van der Waals surface area contributed by atoms with E-state index in [0.717, 1.165) is 35.5 Å². The largest absolute Gasteiger partial charge is 0.465 e. The van der Waals surface area contributed by atoms with Crippen molar-refractivity contribution in [3.8, 4) is 11.4 Å². The predicted molar refractivity (Wildman–Crippen MR) is 127 cm³/mol. The van der Waals surface area contributed by atoms with Crippen LogP contribution in [0, 0.1) is 0 Å². The molecule has 0 saturated heterocycles. The van der Waals surface area contributed by atoms with Crippen molar-refractivity contribution >= 4 is 51.3 Å². The number of ether oxygens (including phenoxy) is 1. The zero-order valence-corrected chi connectivity index (χ0v) is 20.5. The number of rotatable bonds is 10. The molecule has 0 aliphatic rings. The molecule has 0 radical (unpaired) electrons. The first-order valence-corrected chi connectivity index (χ1v) is 12.8. The van der Waals surface area contributed by atoms with Crippen LogP contribution in [0.15, 0.2) is 22.7 Å². The maximum atomic E-state index is 12.6. The molecular formula is C21H26N4O3S3. The summed E-state index contributed by atoms with van der Waals surface area (Å²) in [7, 11) is 1.33. The van der Waals surface area contributed by atoms with Crippen molar-refractivity contribution in [2.24, 2.45) is 0 Å². The van der Waals surface area contributed by atoms with E-state index in [1.165, 1.54) is 35.1 Å². The third kappa shape index (κ3) is 5.55. The highest BCUT2D eigenvalue weighted by Gasteiger charge is 2.20. The Morgan fingerprint density at radius 3 is 2.68 bits per heavy atom. The van der Waals surface area contributed by atoms with Gasteiger partial charge in [-0.3, -0.25) is 4.79 Å². The third-order valence-electron chi connectivity index (χ3n) is 4.56. The van der Waals surface area contributed by atoms with E-state index in [9.17, 15) is 9.59 Å². The average Bonchev–Trinajstić information content (AvgIpc) is 3.49. The van der Waals surface area contributed by atoms with E-state index in [0.29, 0.717) is 22.3 Å². The van der Waals surface area contributed by atoms with Crippen LogP contribution in [-0.4, -0.2) is 39.5 Å². The molecule has 3 aromatic heterocycles. The second kappa shape index (κ2) is 10.9. The van der Waals surface area contributed by atoms with E-state index in [2.05, 4.69) is 33.9 Å². The summed E-state index contributed by atoms with van der Waals surface area (Å²) >= 11 is 4.47. The summed E-state index contributed by atoms with van der Waals surface area (Å²) in [6.07, 6.45) is 2.95. The second-order valence-corrected chi connectivity index (χ2v) is 9.81. The first-order valence-electron chi connectivity index (χ1n) is 10.1. The van der Waals surface area contributed by atoms with Crippen molar-refractivity contribution in [3.05, 3.63) is 32.8 Å². The highest BCUT2D eigenvalue weighted by atomic mass is 32.2. The Labute approximate surface area is 194 Å². The number of hydrogen-bond donors (Lipinski definition) is 1.